The summed E-state index contributed by atoms with van der Waals surface area (Å²) in [6.45, 7) is 2.53. The van der Waals surface area contributed by atoms with Crippen LogP contribution < -0.4 is 0 Å². The highest BCUT2D eigenvalue weighted by molar-refractivity contribution is 5.89. The summed E-state index contributed by atoms with van der Waals surface area (Å²) in [5.41, 5.74) is 0. The Labute approximate surface area is 99.2 Å². The first-order valence-electron chi connectivity index (χ1n) is 5.80. The molecule has 1 saturated heterocycles. The lowest BCUT2D eigenvalue weighted by atomic mass is 10.2. The van der Waals surface area contributed by atoms with E-state index in [0.29, 0.717) is 19.5 Å². The molecule has 4 atom stereocenters. The largest absolute Gasteiger partial charge is 0.481 e. The minimum Gasteiger partial charge on any atom is -0.481 e. The second-order valence-electron chi connectivity index (χ2n) is 4.78. The van der Waals surface area contributed by atoms with E-state index in [4.69, 9.17) is 14.9 Å². The molecular formula is C11H17NO5. The van der Waals surface area contributed by atoms with Gasteiger partial charge < -0.3 is 19.8 Å². The number of ether oxygens (including phenoxy) is 1. The molecule has 6 heteroatoms. The summed E-state index contributed by atoms with van der Waals surface area (Å²) >= 11 is 0. The number of aliphatic hydroxyl groups is 1. The first kappa shape index (κ1) is 12.3. The number of nitrogens with zero attached hydrogens (tertiary/aromatic N) is 1. The molecule has 2 N–H and O–H groups in total. The first-order valence-corrected chi connectivity index (χ1v) is 5.80. The molecule has 1 saturated carbocycles. The van der Waals surface area contributed by atoms with Crippen LogP contribution in [0.4, 0.5) is 0 Å². The second kappa shape index (κ2) is 4.62. The standard InChI is InChI=1S/C11H17NO5/c1-6-3-12(4-7(5-13)17-6)10(14)8-2-9(8)11(15)16/h6-9,13H,2-5H2,1H3,(H,15,16). The number of carboxylic acids is 1. The van der Waals surface area contributed by atoms with E-state index in [1.807, 2.05) is 6.92 Å². The van der Waals surface area contributed by atoms with Crippen molar-refractivity contribution in [3.8, 4) is 0 Å². The molecule has 0 aromatic heterocycles. The van der Waals surface area contributed by atoms with Gasteiger partial charge in [0.15, 0.2) is 0 Å². The Balaban J connectivity index is 1.93. The number of hydrogen-bond donors (Lipinski definition) is 2. The molecule has 1 aliphatic carbocycles. The van der Waals surface area contributed by atoms with Gasteiger partial charge in [-0.25, -0.2) is 0 Å². The van der Waals surface area contributed by atoms with Crippen molar-refractivity contribution < 1.29 is 24.5 Å². The molecule has 0 spiro atoms. The highest BCUT2D eigenvalue weighted by Gasteiger charge is 2.50. The molecule has 0 aromatic carbocycles. The molecule has 2 rings (SSSR count). The van der Waals surface area contributed by atoms with Crippen molar-refractivity contribution >= 4 is 11.9 Å². The fraction of sp³-hybridized carbons (Fsp3) is 0.818. The summed E-state index contributed by atoms with van der Waals surface area (Å²) in [5, 5.41) is 17.8. The monoisotopic (exact) mass is 243 g/mol. The molecule has 0 bridgehead atoms. The van der Waals surface area contributed by atoms with Gasteiger partial charge in [0.25, 0.3) is 0 Å². The third kappa shape index (κ3) is 2.58. The Morgan fingerprint density at radius 3 is 2.59 bits per heavy atom. The Bertz CT molecular complexity index is 332. The van der Waals surface area contributed by atoms with Gasteiger partial charge in [0.2, 0.25) is 5.91 Å². The van der Waals surface area contributed by atoms with Crippen molar-refractivity contribution in [2.45, 2.75) is 25.6 Å². The van der Waals surface area contributed by atoms with Crippen molar-refractivity contribution in [2.24, 2.45) is 11.8 Å². The number of carboxylic acid groups (broad SMARTS) is 1. The summed E-state index contributed by atoms with van der Waals surface area (Å²) in [7, 11) is 0. The Morgan fingerprint density at radius 1 is 1.35 bits per heavy atom. The van der Waals surface area contributed by atoms with E-state index in [0.717, 1.165) is 0 Å². The fourth-order valence-electron chi connectivity index (χ4n) is 2.30. The molecule has 1 heterocycles. The average Bonchev–Trinajstić information content (AvgIpc) is 3.07. The van der Waals surface area contributed by atoms with E-state index in [1.165, 1.54) is 0 Å². The van der Waals surface area contributed by atoms with Gasteiger partial charge in [0.1, 0.15) is 0 Å². The lowest BCUT2D eigenvalue weighted by Crippen LogP contribution is -2.51. The van der Waals surface area contributed by atoms with Crippen LogP contribution in [0.3, 0.4) is 0 Å². The normalized spacial score (nSPS) is 36.7. The number of carbonyl (C=O) groups excluding carboxylic acids is 1. The molecule has 17 heavy (non-hydrogen) atoms. The van der Waals surface area contributed by atoms with Gasteiger partial charge in [-0.3, -0.25) is 9.59 Å². The van der Waals surface area contributed by atoms with Gasteiger partial charge in [-0.2, -0.15) is 0 Å². The van der Waals surface area contributed by atoms with E-state index < -0.39 is 11.9 Å². The van der Waals surface area contributed by atoms with Crippen molar-refractivity contribution in [1.82, 2.24) is 4.90 Å². The zero-order valence-corrected chi connectivity index (χ0v) is 9.70. The second-order valence-corrected chi connectivity index (χ2v) is 4.78. The highest BCUT2D eigenvalue weighted by Crippen LogP contribution is 2.40. The average molecular weight is 243 g/mol. The van der Waals surface area contributed by atoms with Crippen LogP contribution in [-0.2, 0) is 14.3 Å². The van der Waals surface area contributed by atoms with E-state index >= 15 is 0 Å². The number of aliphatic hydroxyl groups excluding tert-OH is 1. The van der Waals surface area contributed by atoms with Crippen LogP contribution in [0.5, 0.6) is 0 Å². The topological polar surface area (TPSA) is 87.1 Å². The van der Waals surface area contributed by atoms with Crippen LogP contribution >= 0.6 is 0 Å². The summed E-state index contributed by atoms with van der Waals surface area (Å²) in [4.78, 5) is 24.3. The molecule has 1 aliphatic heterocycles. The van der Waals surface area contributed by atoms with Crippen LogP contribution in [0.1, 0.15) is 13.3 Å². The van der Waals surface area contributed by atoms with Crippen LogP contribution in [0, 0.1) is 11.8 Å². The number of hydrogen-bond acceptors (Lipinski definition) is 4. The molecule has 0 aromatic rings. The molecule has 96 valence electrons. The third-order valence-electron chi connectivity index (χ3n) is 3.27. The number of carbonyl (C=O) groups is 2. The third-order valence-corrected chi connectivity index (χ3v) is 3.27. The smallest absolute Gasteiger partial charge is 0.307 e. The van der Waals surface area contributed by atoms with E-state index in [1.54, 1.807) is 4.90 Å². The van der Waals surface area contributed by atoms with E-state index in [9.17, 15) is 9.59 Å². The van der Waals surface area contributed by atoms with Crippen LogP contribution in [0.25, 0.3) is 0 Å². The van der Waals surface area contributed by atoms with Crippen molar-refractivity contribution in [2.75, 3.05) is 19.7 Å². The summed E-state index contributed by atoms with van der Waals surface area (Å²) in [6.07, 6.45) is -0.0411. The minimum atomic E-state index is -0.900. The zero-order chi connectivity index (χ0) is 12.6. The van der Waals surface area contributed by atoms with Gasteiger partial charge in [-0.05, 0) is 13.3 Å². The Hall–Kier alpha value is -1.14. The highest BCUT2D eigenvalue weighted by atomic mass is 16.5. The number of rotatable bonds is 3. The predicted octanol–water partition coefficient (Wildman–Crippen LogP) is -0.685. The van der Waals surface area contributed by atoms with Gasteiger partial charge in [-0.15, -0.1) is 0 Å². The molecule has 1 amide bonds. The fourth-order valence-corrected chi connectivity index (χ4v) is 2.30. The molecular weight excluding hydrogens is 226 g/mol. The molecule has 6 nitrogen and oxygen atoms in total. The number of morpholine rings is 1. The van der Waals surface area contributed by atoms with Crippen LogP contribution in [0.15, 0.2) is 0 Å². The maximum atomic E-state index is 12.0. The van der Waals surface area contributed by atoms with Crippen LogP contribution in [0.2, 0.25) is 0 Å². The Morgan fingerprint density at radius 2 is 2.06 bits per heavy atom. The SMILES string of the molecule is CC1CN(C(=O)C2CC2C(=O)O)CC(CO)O1. The quantitative estimate of drug-likeness (QED) is 0.685. The van der Waals surface area contributed by atoms with Crippen LogP contribution in [-0.4, -0.2) is 58.9 Å². The van der Waals surface area contributed by atoms with Crippen molar-refractivity contribution in [3.05, 3.63) is 0 Å². The van der Waals surface area contributed by atoms with Crippen molar-refractivity contribution in [1.29, 1.82) is 0 Å². The zero-order valence-electron chi connectivity index (χ0n) is 9.70. The predicted molar refractivity (Wildman–Crippen MR) is 57.2 cm³/mol. The van der Waals surface area contributed by atoms with Gasteiger partial charge >= 0.3 is 5.97 Å². The van der Waals surface area contributed by atoms with Crippen molar-refractivity contribution in [3.63, 3.8) is 0 Å². The maximum absolute atomic E-state index is 12.0. The van der Waals surface area contributed by atoms with Gasteiger partial charge in [0.05, 0.1) is 30.7 Å². The number of aliphatic carboxylic acids is 1. The molecule has 2 fully saturated rings. The molecule has 0 radical (unpaired) electrons. The summed E-state index contributed by atoms with van der Waals surface area (Å²) < 4.78 is 5.43. The molecule has 2 aliphatic rings. The maximum Gasteiger partial charge on any atom is 0.307 e. The minimum absolute atomic E-state index is 0.119. The first-order chi connectivity index (χ1) is 8.02. The Kier molecular flexibility index (Phi) is 3.35. The van der Waals surface area contributed by atoms with E-state index in [2.05, 4.69) is 0 Å². The summed E-state index contributed by atoms with van der Waals surface area (Å²) in [5.74, 6) is -1.92. The lowest BCUT2D eigenvalue weighted by Gasteiger charge is -2.36. The number of amides is 1. The summed E-state index contributed by atoms with van der Waals surface area (Å²) in [6, 6.07) is 0. The van der Waals surface area contributed by atoms with Gasteiger partial charge in [0, 0.05) is 13.1 Å². The lowest BCUT2D eigenvalue weighted by molar-refractivity contribution is -0.150. The van der Waals surface area contributed by atoms with E-state index in [-0.39, 0.29) is 30.6 Å². The molecule has 4 unspecified atom stereocenters. The van der Waals surface area contributed by atoms with Gasteiger partial charge in [-0.1, -0.05) is 0 Å².